The first-order valence-corrected chi connectivity index (χ1v) is 7.10. The highest BCUT2D eigenvalue weighted by molar-refractivity contribution is 7.09. The Bertz CT molecular complexity index is 712. The molecule has 0 saturated carbocycles. The number of ether oxygens (including phenoxy) is 1. The lowest BCUT2D eigenvalue weighted by Crippen LogP contribution is -2.16. The van der Waals surface area contributed by atoms with Crippen LogP contribution in [0.4, 0.5) is 0 Å². The van der Waals surface area contributed by atoms with Gasteiger partial charge in [-0.25, -0.2) is 0 Å². The first-order valence-electron chi connectivity index (χ1n) is 6.28. The summed E-state index contributed by atoms with van der Waals surface area (Å²) in [6, 6.07) is 5.30. The fraction of sp³-hybridized carbons (Fsp3) is 0.333. The summed E-state index contributed by atoms with van der Waals surface area (Å²) in [7, 11) is 1.58. The highest BCUT2D eigenvalue weighted by Gasteiger charge is 2.12. The molecule has 0 bridgehead atoms. The van der Waals surface area contributed by atoms with Gasteiger partial charge < -0.3 is 4.74 Å². The van der Waals surface area contributed by atoms with Crippen LogP contribution in [-0.4, -0.2) is 17.5 Å². The van der Waals surface area contributed by atoms with Gasteiger partial charge in [0.05, 0.1) is 13.7 Å². The monoisotopic (exact) mass is 291 g/mol. The van der Waals surface area contributed by atoms with E-state index in [4.69, 9.17) is 4.74 Å². The van der Waals surface area contributed by atoms with Gasteiger partial charge in [0.2, 0.25) is 0 Å². The Morgan fingerprint density at radius 2 is 2.05 bits per heavy atom. The summed E-state index contributed by atoms with van der Waals surface area (Å²) in [5.41, 5.74) is 2.41. The van der Waals surface area contributed by atoms with E-state index in [1.165, 1.54) is 18.3 Å². The first kappa shape index (κ1) is 14.5. The predicted molar refractivity (Wildman–Crippen MR) is 80.2 cm³/mol. The van der Waals surface area contributed by atoms with Crippen molar-refractivity contribution in [1.82, 2.24) is 4.57 Å². The Kier molecular flexibility index (Phi) is 4.09. The number of ketones is 1. The Morgan fingerprint density at radius 1 is 1.35 bits per heavy atom. The third-order valence-electron chi connectivity index (χ3n) is 3.39. The van der Waals surface area contributed by atoms with Gasteiger partial charge in [-0.2, -0.15) is 0 Å². The molecule has 0 atom stereocenters. The second kappa shape index (κ2) is 5.63. The summed E-state index contributed by atoms with van der Waals surface area (Å²) < 4.78 is 7.03. The predicted octanol–water partition coefficient (Wildman–Crippen LogP) is 2.79. The van der Waals surface area contributed by atoms with Crippen molar-refractivity contribution in [3.63, 3.8) is 0 Å². The Morgan fingerprint density at radius 3 is 2.55 bits per heavy atom. The van der Waals surface area contributed by atoms with Crippen molar-refractivity contribution in [3.05, 3.63) is 49.6 Å². The molecule has 1 aromatic heterocycles. The summed E-state index contributed by atoms with van der Waals surface area (Å²) in [6.45, 7) is 5.80. The molecule has 0 aliphatic carbocycles. The number of methoxy groups -OCH3 is 1. The van der Waals surface area contributed by atoms with Crippen LogP contribution >= 0.6 is 11.3 Å². The lowest BCUT2D eigenvalue weighted by molar-refractivity contribution is 0.101. The molecule has 1 heterocycles. The van der Waals surface area contributed by atoms with Gasteiger partial charge in [0.25, 0.3) is 0 Å². The Balaban J connectivity index is 2.49. The van der Waals surface area contributed by atoms with Crippen molar-refractivity contribution in [1.29, 1.82) is 0 Å². The highest BCUT2D eigenvalue weighted by Crippen LogP contribution is 2.22. The quantitative estimate of drug-likeness (QED) is 0.814. The van der Waals surface area contributed by atoms with Crippen molar-refractivity contribution < 1.29 is 9.53 Å². The van der Waals surface area contributed by atoms with Crippen LogP contribution in [0.5, 0.6) is 5.75 Å². The Hall–Kier alpha value is -1.88. The highest BCUT2D eigenvalue weighted by atomic mass is 32.1. The number of carbonyl (C=O) groups is 1. The first-order chi connectivity index (χ1) is 9.43. The zero-order valence-electron chi connectivity index (χ0n) is 12.0. The van der Waals surface area contributed by atoms with E-state index in [0.717, 1.165) is 16.1 Å². The molecule has 0 unspecified atom stereocenters. The smallest absolute Gasteiger partial charge is 0.307 e. The lowest BCUT2D eigenvalue weighted by Gasteiger charge is -2.11. The van der Waals surface area contributed by atoms with Crippen LogP contribution in [-0.2, 0) is 6.54 Å². The van der Waals surface area contributed by atoms with Crippen molar-refractivity contribution in [3.8, 4) is 5.75 Å². The number of benzene rings is 1. The topological polar surface area (TPSA) is 48.3 Å². The average Bonchev–Trinajstić information content (AvgIpc) is 2.65. The second-order valence-electron chi connectivity index (χ2n) is 4.68. The summed E-state index contributed by atoms with van der Waals surface area (Å²) >= 11 is 1.24. The molecular weight excluding hydrogens is 274 g/mol. The number of thiazole rings is 1. The minimum atomic E-state index is -0.000490. The van der Waals surface area contributed by atoms with Gasteiger partial charge in [-0.1, -0.05) is 11.3 Å². The molecule has 0 saturated heterocycles. The van der Waals surface area contributed by atoms with Crippen LogP contribution in [0.3, 0.4) is 0 Å². The SMILES string of the molecule is COc1ccc(C(C)=O)cc1Cn1c(C)c(C)sc1=O. The number of carbonyl (C=O) groups excluding carboxylic acids is 1. The molecule has 0 amide bonds. The number of Topliss-reactive ketones (excluding diaryl/α,β-unsaturated/α-hetero) is 1. The standard InChI is InChI=1S/C15H17NO3S/c1-9-11(3)20-15(18)16(9)8-13-7-12(10(2)17)5-6-14(13)19-4/h5-7H,8H2,1-4H3. The summed E-state index contributed by atoms with van der Waals surface area (Å²) in [5.74, 6) is 0.685. The number of nitrogens with zero attached hydrogens (tertiary/aromatic N) is 1. The van der Waals surface area contributed by atoms with E-state index < -0.39 is 0 Å². The molecule has 0 aliphatic rings. The maximum absolute atomic E-state index is 12.0. The van der Waals surface area contributed by atoms with E-state index >= 15 is 0 Å². The molecule has 0 aliphatic heterocycles. The normalized spacial score (nSPS) is 10.6. The van der Waals surface area contributed by atoms with E-state index in [9.17, 15) is 9.59 Å². The van der Waals surface area contributed by atoms with Gasteiger partial charge in [-0.05, 0) is 39.0 Å². The van der Waals surface area contributed by atoms with Crippen LogP contribution < -0.4 is 9.61 Å². The van der Waals surface area contributed by atoms with Crippen LogP contribution in [0, 0.1) is 13.8 Å². The molecule has 20 heavy (non-hydrogen) atoms. The maximum atomic E-state index is 12.0. The fourth-order valence-corrected chi connectivity index (χ4v) is 2.89. The van der Waals surface area contributed by atoms with Crippen LogP contribution in [0.1, 0.15) is 33.4 Å². The van der Waals surface area contributed by atoms with Crippen molar-refractivity contribution in [2.24, 2.45) is 0 Å². The molecule has 0 fully saturated rings. The van der Waals surface area contributed by atoms with E-state index in [-0.39, 0.29) is 10.7 Å². The van der Waals surface area contributed by atoms with Gasteiger partial charge in [0.15, 0.2) is 5.78 Å². The third kappa shape index (κ3) is 2.67. The molecule has 0 spiro atoms. The molecular formula is C15H17NO3S. The van der Waals surface area contributed by atoms with E-state index in [1.807, 2.05) is 13.8 Å². The zero-order chi connectivity index (χ0) is 14.9. The molecule has 0 radical (unpaired) electrons. The number of aromatic nitrogens is 1. The van der Waals surface area contributed by atoms with Gasteiger partial charge in [-0.3, -0.25) is 14.2 Å². The van der Waals surface area contributed by atoms with Gasteiger partial charge >= 0.3 is 4.87 Å². The minimum absolute atomic E-state index is 0.000490. The summed E-state index contributed by atoms with van der Waals surface area (Å²) in [6.07, 6.45) is 0. The number of hydrogen-bond acceptors (Lipinski definition) is 4. The summed E-state index contributed by atoms with van der Waals surface area (Å²) in [4.78, 5) is 24.5. The average molecular weight is 291 g/mol. The molecule has 106 valence electrons. The Labute approximate surface area is 121 Å². The van der Waals surface area contributed by atoms with E-state index in [2.05, 4.69) is 0 Å². The number of hydrogen-bond donors (Lipinski definition) is 0. The maximum Gasteiger partial charge on any atom is 0.307 e. The van der Waals surface area contributed by atoms with E-state index in [1.54, 1.807) is 29.9 Å². The number of rotatable bonds is 4. The van der Waals surface area contributed by atoms with Crippen LogP contribution in [0.25, 0.3) is 0 Å². The van der Waals surface area contributed by atoms with Gasteiger partial charge in [-0.15, -0.1) is 0 Å². The van der Waals surface area contributed by atoms with Crippen molar-refractivity contribution in [2.75, 3.05) is 7.11 Å². The van der Waals surface area contributed by atoms with Crippen molar-refractivity contribution >= 4 is 17.1 Å². The molecule has 2 rings (SSSR count). The van der Waals surface area contributed by atoms with Gasteiger partial charge in [0, 0.05) is 21.7 Å². The minimum Gasteiger partial charge on any atom is -0.496 e. The fourth-order valence-electron chi connectivity index (χ4n) is 2.06. The molecule has 1 aromatic carbocycles. The zero-order valence-corrected chi connectivity index (χ0v) is 12.8. The lowest BCUT2D eigenvalue weighted by atomic mass is 10.1. The van der Waals surface area contributed by atoms with Crippen molar-refractivity contribution in [2.45, 2.75) is 27.3 Å². The molecule has 2 aromatic rings. The van der Waals surface area contributed by atoms with Crippen LogP contribution in [0.2, 0.25) is 0 Å². The summed E-state index contributed by atoms with van der Waals surface area (Å²) in [5, 5.41) is 0. The second-order valence-corrected chi connectivity index (χ2v) is 5.84. The van der Waals surface area contributed by atoms with Crippen LogP contribution in [0.15, 0.2) is 23.0 Å². The molecule has 5 heteroatoms. The van der Waals surface area contributed by atoms with E-state index in [0.29, 0.717) is 17.9 Å². The largest absolute Gasteiger partial charge is 0.496 e. The molecule has 4 nitrogen and oxygen atoms in total. The molecule has 0 N–H and O–H groups in total. The van der Waals surface area contributed by atoms with Gasteiger partial charge in [0.1, 0.15) is 5.75 Å². The third-order valence-corrected chi connectivity index (χ3v) is 4.39. The number of aryl methyl sites for hydroxylation is 1.